The molecule has 0 radical (unpaired) electrons. The van der Waals surface area contributed by atoms with Crippen molar-refractivity contribution < 1.29 is 22.7 Å². The van der Waals surface area contributed by atoms with Gasteiger partial charge in [-0.25, -0.2) is 8.42 Å². The Morgan fingerprint density at radius 2 is 2.00 bits per heavy atom. The van der Waals surface area contributed by atoms with Crippen LogP contribution >= 0.6 is 0 Å². The number of carbonyl (C=O) groups excluding carboxylic acids is 2. The van der Waals surface area contributed by atoms with Crippen LogP contribution in [0, 0.1) is 6.92 Å². The van der Waals surface area contributed by atoms with Crippen LogP contribution in [0.2, 0.25) is 0 Å². The Balaban J connectivity index is 1.79. The number of fused-ring (bicyclic) bond motifs is 1. The van der Waals surface area contributed by atoms with Crippen LogP contribution in [0.15, 0.2) is 41.3 Å². The van der Waals surface area contributed by atoms with Crippen molar-refractivity contribution in [3.05, 3.63) is 47.5 Å². The zero-order chi connectivity index (χ0) is 21.2. The van der Waals surface area contributed by atoms with E-state index in [4.69, 9.17) is 4.74 Å². The quantitative estimate of drug-likeness (QED) is 0.754. The topological polar surface area (TPSA) is 102 Å². The van der Waals surface area contributed by atoms with Gasteiger partial charge in [0.25, 0.3) is 5.91 Å². The van der Waals surface area contributed by atoms with Crippen molar-refractivity contribution in [3.63, 3.8) is 0 Å². The standard InChI is InChI=1S/C21H24N2O5S/c1-4-15-7-5-6-8-16(15)22-20(24)10-14(3)29(26,27)19-11-18-17(9-13(19)2)23-21(25)12-28-18/h5-9,11,14H,4,10,12H2,1-3H3,(H,22,24)(H,23,25). The van der Waals surface area contributed by atoms with Crippen molar-refractivity contribution in [1.82, 2.24) is 0 Å². The first-order valence-electron chi connectivity index (χ1n) is 9.41. The maximum absolute atomic E-state index is 13.1. The number of anilines is 2. The fourth-order valence-corrected chi connectivity index (χ4v) is 4.85. The molecule has 0 bridgehead atoms. The van der Waals surface area contributed by atoms with Crippen molar-refractivity contribution in [2.24, 2.45) is 0 Å². The van der Waals surface area contributed by atoms with Crippen LogP contribution in [0.1, 0.15) is 31.4 Å². The highest BCUT2D eigenvalue weighted by Gasteiger charge is 2.29. The number of amides is 2. The number of carbonyl (C=O) groups is 2. The van der Waals surface area contributed by atoms with Crippen LogP contribution in [0.3, 0.4) is 0 Å². The molecule has 1 aliphatic rings. The van der Waals surface area contributed by atoms with Gasteiger partial charge in [0, 0.05) is 18.2 Å². The normalized spacial score (nSPS) is 14.4. The molecule has 0 saturated heterocycles. The van der Waals surface area contributed by atoms with Gasteiger partial charge in [0.1, 0.15) is 5.75 Å². The number of sulfone groups is 1. The van der Waals surface area contributed by atoms with E-state index in [1.165, 1.54) is 13.0 Å². The first kappa shape index (κ1) is 20.9. The number of nitrogens with one attached hydrogen (secondary N) is 2. The van der Waals surface area contributed by atoms with E-state index in [2.05, 4.69) is 10.6 Å². The van der Waals surface area contributed by atoms with Crippen molar-refractivity contribution in [2.45, 2.75) is 43.8 Å². The molecule has 2 aromatic carbocycles. The molecule has 2 aromatic rings. The van der Waals surface area contributed by atoms with E-state index in [0.29, 0.717) is 22.7 Å². The number of aryl methyl sites for hydroxylation is 2. The summed E-state index contributed by atoms with van der Waals surface area (Å²) in [7, 11) is -3.77. The zero-order valence-corrected chi connectivity index (χ0v) is 17.4. The molecule has 1 heterocycles. The molecule has 0 fully saturated rings. The molecular formula is C21H24N2O5S. The van der Waals surface area contributed by atoms with Gasteiger partial charge in [0.15, 0.2) is 16.4 Å². The van der Waals surface area contributed by atoms with Gasteiger partial charge < -0.3 is 15.4 Å². The number of ether oxygens (including phenoxy) is 1. The summed E-state index contributed by atoms with van der Waals surface area (Å²) in [6, 6.07) is 10.4. The van der Waals surface area contributed by atoms with Crippen molar-refractivity contribution in [2.75, 3.05) is 17.2 Å². The van der Waals surface area contributed by atoms with Crippen LogP contribution in [0.25, 0.3) is 0 Å². The third-order valence-corrected chi connectivity index (χ3v) is 7.17. The highest BCUT2D eigenvalue weighted by Crippen LogP contribution is 2.34. The lowest BCUT2D eigenvalue weighted by molar-refractivity contribution is -0.118. The van der Waals surface area contributed by atoms with Crippen LogP contribution in [-0.4, -0.2) is 32.1 Å². The van der Waals surface area contributed by atoms with Gasteiger partial charge in [-0.1, -0.05) is 25.1 Å². The second-order valence-electron chi connectivity index (χ2n) is 7.07. The molecule has 0 spiro atoms. The molecular weight excluding hydrogens is 392 g/mol. The largest absolute Gasteiger partial charge is 0.482 e. The van der Waals surface area contributed by atoms with Gasteiger partial charge >= 0.3 is 0 Å². The van der Waals surface area contributed by atoms with Gasteiger partial charge in [0.05, 0.1) is 15.8 Å². The smallest absolute Gasteiger partial charge is 0.262 e. The van der Waals surface area contributed by atoms with E-state index in [0.717, 1.165) is 12.0 Å². The first-order chi connectivity index (χ1) is 13.7. The van der Waals surface area contributed by atoms with Gasteiger partial charge in [-0.2, -0.15) is 0 Å². The minimum atomic E-state index is -3.77. The Hall–Kier alpha value is -2.87. The molecule has 2 amide bonds. The van der Waals surface area contributed by atoms with Crippen molar-refractivity contribution in [1.29, 1.82) is 0 Å². The molecule has 1 aliphatic heterocycles. The molecule has 8 heteroatoms. The Labute approximate surface area is 170 Å². The predicted octanol–water partition coefficient (Wildman–Crippen LogP) is 3.08. The molecule has 0 aliphatic carbocycles. The van der Waals surface area contributed by atoms with Gasteiger partial charge in [-0.3, -0.25) is 9.59 Å². The number of para-hydroxylation sites is 1. The molecule has 1 unspecified atom stereocenters. The first-order valence-corrected chi connectivity index (χ1v) is 11.0. The van der Waals surface area contributed by atoms with Crippen LogP contribution in [-0.2, 0) is 25.8 Å². The summed E-state index contributed by atoms with van der Waals surface area (Å²) in [6.45, 7) is 4.99. The molecule has 3 rings (SSSR count). The van der Waals surface area contributed by atoms with Crippen LogP contribution < -0.4 is 15.4 Å². The lowest BCUT2D eigenvalue weighted by Crippen LogP contribution is -2.27. The van der Waals surface area contributed by atoms with E-state index < -0.39 is 15.1 Å². The monoisotopic (exact) mass is 416 g/mol. The summed E-state index contributed by atoms with van der Waals surface area (Å²) in [5.41, 5.74) is 2.61. The molecule has 2 N–H and O–H groups in total. The summed E-state index contributed by atoms with van der Waals surface area (Å²) in [6.07, 6.45) is 0.587. The van der Waals surface area contributed by atoms with Crippen molar-refractivity contribution >= 4 is 33.0 Å². The van der Waals surface area contributed by atoms with Crippen molar-refractivity contribution in [3.8, 4) is 5.75 Å². The molecule has 7 nitrogen and oxygen atoms in total. The summed E-state index contributed by atoms with van der Waals surface area (Å²) in [5.74, 6) is -0.340. The summed E-state index contributed by atoms with van der Waals surface area (Å²) in [4.78, 5) is 24.0. The maximum Gasteiger partial charge on any atom is 0.262 e. The third kappa shape index (κ3) is 4.42. The minimum Gasteiger partial charge on any atom is -0.482 e. The second kappa shape index (κ2) is 8.24. The predicted molar refractivity (Wildman–Crippen MR) is 111 cm³/mol. The fourth-order valence-electron chi connectivity index (χ4n) is 3.26. The molecule has 0 saturated carbocycles. The SMILES string of the molecule is CCc1ccccc1NC(=O)CC(C)S(=O)(=O)c1cc2c(cc1C)NC(=O)CO2. The molecule has 29 heavy (non-hydrogen) atoms. The van der Waals surface area contributed by atoms with E-state index in [9.17, 15) is 18.0 Å². The average molecular weight is 416 g/mol. The maximum atomic E-state index is 13.1. The molecule has 0 aromatic heterocycles. The van der Waals surface area contributed by atoms with Crippen LogP contribution in [0.4, 0.5) is 11.4 Å². The summed E-state index contributed by atoms with van der Waals surface area (Å²) < 4.78 is 31.5. The summed E-state index contributed by atoms with van der Waals surface area (Å²) in [5, 5.41) is 4.54. The fraction of sp³-hybridized carbons (Fsp3) is 0.333. The van der Waals surface area contributed by atoms with E-state index in [1.54, 1.807) is 19.1 Å². The number of rotatable bonds is 6. The Kier molecular flexibility index (Phi) is 5.93. The Bertz CT molecular complexity index is 1060. The highest BCUT2D eigenvalue weighted by atomic mass is 32.2. The molecule has 1 atom stereocenters. The minimum absolute atomic E-state index is 0.0988. The van der Waals surface area contributed by atoms with E-state index >= 15 is 0 Å². The Morgan fingerprint density at radius 3 is 2.72 bits per heavy atom. The number of hydrogen-bond acceptors (Lipinski definition) is 5. The van der Waals surface area contributed by atoms with Gasteiger partial charge in [-0.15, -0.1) is 0 Å². The Morgan fingerprint density at radius 1 is 1.28 bits per heavy atom. The third-order valence-electron chi connectivity index (χ3n) is 4.89. The van der Waals surface area contributed by atoms with Gasteiger partial charge in [0.2, 0.25) is 5.91 Å². The summed E-state index contributed by atoms with van der Waals surface area (Å²) >= 11 is 0. The zero-order valence-electron chi connectivity index (χ0n) is 16.6. The molecule has 154 valence electrons. The second-order valence-corrected chi connectivity index (χ2v) is 9.40. The van der Waals surface area contributed by atoms with E-state index in [-0.39, 0.29) is 29.7 Å². The van der Waals surface area contributed by atoms with E-state index in [1.807, 2.05) is 25.1 Å². The number of hydrogen-bond donors (Lipinski definition) is 2. The van der Waals surface area contributed by atoms with Crippen LogP contribution in [0.5, 0.6) is 5.75 Å². The lowest BCUT2D eigenvalue weighted by Gasteiger charge is -2.21. The highest BCUT2D eigenvalue weighted by molar-refractivity contribution is 7.92. The number of benzene rings is 2. The average Bonchev–Trinajstić information content (AvgIpc) is 2.67. The lowest BCUT2D eigenvalue weighted by atomic mass is 10.1. The van der Waals surface area contributed by atoms with Gasteiger partial charge in [-0.05, 0) is 43.5 Å².